The van der Waals surface area contributed by atoms with Gasteiger partial charge >= 0.3 is 6.18 Å². The molecule has 0 aliphatic carbocycles. The molecule has 4 rings (SSSR count). The highest BCUT2D eigenvalue weighted by Gasteiger charge is 2.34. The third-order valence-electron chi connectivity index (χ3n) is 4.76. The van der Waals surface area contributed by atoms with Gasteiger partial charge in [0.1, 0.15) is 0 Å². The number of aromatic nitrogens is 2. The predicted octanol–water partition coefficient (Wildman–Crippen LogP) is 5.70. The van der Waals surface area contributed by atoms with E-state index in [-0.39, 0.29) is 23.6 Å². The number of halogens is 4. The Morgan fingerprint density at radius 2 is 1.82 bits per heavy atom. The van der Waals surface area contributed by atoms with Crippen molar-refractivity contribution in [1.29, 1.82) is 0 Å². The van der Waals surface area contributed by atoms with Gasteiger partial charge in [0.25, 0.3) is 11.8 Å². The second-order valence-corrected chi connectivity index (χ2v) is 7.57. The Bertz CT molecular complexity index is 1330. The number of furan rings is 1. The Balaban J connectivity index is 1.51. The van der Waals surface area contributed by atoms with Gasteiger partial charge in [0.2, 0.25) is 0 Å². The van der Waals surface area contributed by atoms with E-state index in [1.165, 1.54) is 41.5 Å². The van der Waals surface area contributed by atoms with Crippen molar-refractivity contribution in [2.75, 3.05) is 10.6 Å². The fourth-order valence-electron chi connectivity index (χ4n) is 3.13. The van der Waals surface area contributed by atoms with Crippen LogP contribution in [0.1, 0.15) is 32.0 Å². The molecular weight excluding hydrogens is 473 g/mol. The molecule has 0 unspecified atom stereocenters. The zero-order valence-electron chi connectivity index (χ0n) is 17.3. The van der Waals surface area contributed by atoms with Gasteiger partial charge in [0, 0.05) is 16.9 Å². The number of hydrogen-bond donors (Lipinski definition) is 2. The van der Waals surface area contributed by atoms with Crippen molar-refractivity contribution in [2.24, 2.45) is 0 Å². The summed E-state index contributed by atoms with van der Waals surface area (Å²) in [6.07, 6.45) is -0.866. The summed E-state index contributed by atoms with van der Waals surface area (Å²) < 4.78 is 47.4. The Hall–Kier alpha value is -4.05. The Morgan fingerprint density at radius 1 is 1.03 bits per heavy atom. The molecule has 11 heteroatoms. The molecule has 0 aliphatic heterocycles. The molecule has 2 amide bonds. The van der Waals surface area contributed by atoms with E-state index in [1.54, 1.807) is 24.3 Å². The van der Waals surface area contributed by atoms with Gasteiger partial charge in [-0.05, 0) is 42.0 Å². The van der Waals surface area contributed by atoms with E-state index >= 15 is 0 Å². The highest BCUT2D eigenvalue weighted by Crippen LogP contribution is 2.37. The molecule has 174 valence electrons. The van der Waals surface area contributed by atoms with Crippen LogP contribution in [0.4, 0.5) is 24.5 Å². The van der Waals surface area contributed by atoms with Gasteiger partial charge < -0.3 is 15.1 Å². The van der Waals surface area contributed by atoms with Crippen molar-refractivity contribution < 1.29 is 27.2 Å². The average molecular weight is 489 g/mol. The lowest BCUT2D eigenvalue weighted by molar-refractivity contribution is -0.136. The molecule has 2 aromatic carbocycles. The normalized spacial score (nSPS) is 11.3. The monoisotopic (exact) mass is 488 g/mol. The fraction of sp³-hybridized carbons (Fsp3) is 0.0870. The van der Waals surface area contributed by atoms with Crippen LogP contribution in [0.5, 0.6) is 0 Å². The van der Waals surface area contributed by atoms with Crippen LogP contribution in [0, 0.1) is 0 Å². The number of nitrogens with zero attached hydrogens (tertiary/aromatic N) is 2. The Kier molecular flexibility index (Phi) is 6.42. The van der Waals surface area contributed by atoms with Crippen molar-refractivity contribution in [1.82, 2.24) is 9.78 Å². The molecule has 0 saturated heterocycles. The SMILES string of the molecule is O=C(Nc1ccc(NC(=O)c2ccco2)cc1C(F)(F)F)c1cnn(Cc2ccccc2Cl)c1. The molecule has 0 radical (unpaired) electrons. The zero-order chi connectivity index (χ0) is 24.3. The molecule has 0 saturated carbocycles. The van der Waals surface area contributed by atoms with Crippen molar-refractivity contribution in [3.63, 3.8) is 0 Å². The summed E-state index contributed by atoms with van der Waals surface area (Å²) in [6.45, 7) is 0.283. The molecule has 34 heavy (non-hydrogen) atoms. The van der Waals surface area contributed by atoms with E-state index in [0.717, 1.165) is 17.7 Å². The zero-order valence-corrected chi connectivity index (χ0v) is 18.0. The number of rotatable bonds is 6. The van der Waals surface area contributed by atoms with Gasteiger partial charge in [-0.3, -0.25) is 14.3 Å². The summed E-state index contributed by atoms with van der Waals surface area (Å²) in [5.41, 5.74) is -0.866. The molecule has 4 aromatic rings. The number of carbonyl (C=O) groups excluding carboxylic acids is 2. The molecule has 0 spiro atoms. The van der Waals surface area contributed by atoms with E-state index < -0.39 is 29.2 Å². The lowest BCUT2D eigenvalue weighted by atomic mass is 10.1. The molecule has 7 nitrogen and oxygen atoms in total. The summed E-state index contributed by atoms with van der Waals surface area (Å²) in [7, 11) is 0. The lowest BCUT2D eigenvalue weighted by Crippen LogP contribution is -2.17. The highest BCUT2D eigenvalue weighted by atomic mass is 35.5. The molecule has 2 aromatic heterocycles. The number of nitrogens with one attached hydrogen (secondary N) is 2. The van der Waals surface area contributed by atoms with Gasteiger partial charge in [0.15, 0.2) is 5.76 Å². The topological polar surface area (TPSA) is 89.2 Å². The summed E-state index contributed by atoms with van der Waals surface area (Å²) in [5.74, 6) is -1.54. The van der Waals surface area contributed by atoms with Gasteiger partial charge in [-0.25, -0.2) is 0 Å². The Labute approximate surface area is 196 Å². The number of carbonyl (C=O) groups is 2. The van der Waals surface area contributed by atoms with Crippen LogP contribution < -0.4 is 10.6 Å². The number of hydrogen-bond acceptors (Lipinski definition) is 4. The van der Waals surface area contributed by atoms with E-state index in [4.69, 9.17) is 16.0 Å². The fourth-order valence-corrected chi connectivity index (χ4v) is 3.32. The number of anilines is 2. The standard InChI is InChI=1S/C23H16ClF3N4O3/c24-18-5-2-1-4-14(18)12-31-13-15(11-28-31)21(32)30-19-8-7-16(10-17(19)23(25,26)27)29-22(33)20-6-3-9-34-20/h1-11,13H,12H2,(H,29,33)(H,30,32). The van der Waals surface area contributed by atoms with E-state index in [2.05, 4.69) is 15.7 Å². The number of benzene rings is 2. The molecule has 0 fully saturated rings. The van der Waals surface area contributed by atoms with Crippen LogP contribution in [-0.2, 0) is 12.7 Å². The third-order valence-corrected chi connectivity index (χ3v) is 5.13. The molecular formula is C23H16ClF3N4O3. The molecule has 2 N–H and O–H groups in total. The first-order valence-electron chi connectivity index (χ1n) is 9.84. The first-order valence-corrected chi connectivity index (χ1v) is 10.2. The minimum atomic E-state index is -4.79. The number of alkyl halides is 3. The second-order valence-electron chi connectivity index (χ2n) is 7.16. The maximum atomic E-state index is 13.7. The van der Waals surface area contributed by atoms with Crippen LogP contribution in [0.2, 0.25) is 5.02 Å². The molecule has 2 heterocycles. The minimum absolute atomic E-state index is 0.0558. The van der Waals surface area contributed by atoms with E-state index in [0.29, 0.717) is 5.02 Å². The van der Waals surface area contributed by atoms with Crippen molar-refractivity contribution >= 4 is 34.8 Å². The second kappa shape index (κ2) is 9.44. The lowest BCUT2D eigenvalue weighted by Gasteiger charge is -2.15. The van der Waals surface area contributed by atoms with E-state index in [1.807, 2.05) is 0 Å². The van der Waals surface area contributed by atoms with Crippen LogP contribution in [-0.4, -0.2) is 21.6 Å². The third kappa shape index (κ3) is 5.29. The van der Waals surface area contributed by atoms with Crippen molar-refractivity contribution in [3.8, 4) is 0 Å². The minimum Gasteiger partial charge on any atom is -0.459 e. The number of amides is 2. The van der Waals surface area contributed by atoms with Gasteiger partial charge in [-0.1, -0.05) is 29.8 Å². The van der Waals surface area contributed by atoms with Gasteiger partial charge in [-0.2, -0.15) is 18.3 Å². The van der Waals surface area contributed by atoms with Gasteiger partial charge in [0.05, 0.1) is 35.8 Å². The predicted molar refractivity (Wildman–Crippen MR) is 119 cm³/mol. The van der Waals surface area contributed by atoms with Crippen LogP contribution in [0.25, 0.3) is 0 Å². The highest BCUT2D eigenvalue weighted by molar-refractivity contribution is 6.31. The van der Waals surface area contributed by atoms with Crippen molar-refractivity contribution in [2.45, 2.75) is 12.7 Å². The first kappa shape index (κ1) is 23.1. The Morgan fingerprint density at radius 3 is 2.53 bits per heavy atom. The van der Waals surface area contributed by atoms with Crippen LogP contribution in [0.3, 0.4) is 0 Å². The maximum absolute atomic E-state index is 13.7. The largest absolute Gasteiger partial charge is 0.459 e. The van der Waals surface area contributed by atoms with E-state index in [9.17, 15) is 22.8 Å². The summed E-state index contributed by atoms with van der Waals surface area (Å²) in [4.78, 5) is 24.7. The quantitative estimate of drug-likeness (QED) is 0.364. The first-order chi connectivity index (χ1) is 16.2. The summed E-state index contributed by atoms with van der Waals surface area (Å²) in [6, 6.07) is 13.0. The molecule has 0 atom stereocenters. The molecule has 0 aliphatic rings. The smallest absolute Gasteiger partial charge is 0.418 e. The summed E-state index contributed by atoms with van der Waals surface area (Å²) in [5, 5.41) is 9.19. The van der Waals surface area contributed by atoms with Crippen LogP contribution >= 0.6 is 11.6 Å². The van der Waals surface area contributed by atoms with Crippen molar-refractivity contribution in [3.05, 3.63) is 101 Å². The average Bonchev–Trinajstić information content (AvgIpc) is 3.48. The van der Waals surface area contributed by atoms with Crippen LogP contribution in [0.15, 0.2) is 77.7 Å². The van der Waals surface area contributed by atoms with Gasteiger partial charge in [-0.15, -0.1) is 0 Å². The summed E-state index contributed by atoms with van der Waals surface area (Å²) >= 11 is 6.13. The molecule has 0 bridgehead atoms. The maximum Gasteiger partial charge on any atom is 0.418 e.